The molecule has 0 aliphatic heterocycles. The quantitative estimate of drug-likeness (QED) is 0.763. The van der Waals surface area contributed by atoms with Crippen LogP contribution in [0.4, 0.5) is 5.69 Å². The number of hydrogen-bond donors (Lipinski definition) is 1. The summed E-state index contributed by atoms with van der Waals surface area (Å²) in [6, 6.07) is 9.42. The van der Waals surface area contributed by atoms with Gasteiger partial charge in [0.05, 0.1) is 0 Å². The first-order chi connectivity index (χ1) is 6.68. The van der Waals surface area contributed by atoms with Gasteiger partial charge in [-0.05, 0) is 25.5 Å². The van der Waals surface area contributed by atoms with E-state index in [-0.39, 0.29) is 11.3 Å². The number of hydrogen-bond acceptors (Lipinski definition) is 1. The highest BCUT2D eigenvalue weighted by Crippen LogP contribution is 2.08. The van der Waals surface area contributed by atoms with Gasteiger partial charge >= 0.3 is 0 Å². The molecule has 0 aromatic heterocycles. The fraction of sp³-hybridized carbons (Fsp3) is 0.364. The molecule has 1 aromatic carbocycles. The molecule has 0 radical (unpaired) electrons. The molecular formula is C11H14ClNO. The van der Waals surface area contributed by atoms with Crippen LogP contribution in [-0.2, 0) is 4.79 Å². The molecule has 2 nitrogen and oxygen atoms in total. The second-order valence-corrected chi connectivity index (χ2v) is 3.98. The Morgan fingerprint density at radius 1 is 1.43 bits per heavy atom. The lowest BCUT2D eigenvalue weighted by Crippen LogP contribution is -2.12. The number of nitrogens with one attached hydrogen (secondary N) is 1. The zero-order chi connectivity index (χ0) is 10.4. The fourth-order valence-electron chi connectivity index (χ4n) is 1.07. The minimum Gasteiger partial charge on any atom is -0.326 e. The number of para-hydroxylation sites is 1. The van der Waals surface area contributed by atoms with Crippen LogP contribution in [0.25, 0.3) is 0 Å². The van der Waals surface area contributed by atoms with Crippen molar-refractivity contribution in [2.45, 2.75) is 25.1 Å². The summed E-state index contributed by atoms with van der Waals surface area (Å²) in [6.45, 7) is 1.89. The SMILES string of the molecule is CC(Cl)CCC(=O)Nc1ccccc1. The van der Waals surface area contributed by atoms with Crippen molar-refractivity contribution in [1.82, 2.24) is 0 Å². The number of amides is 1. The summed E-state index contributed by atoms with van der Waals surface area (Å²) in [5.74, 6) is 0.0173. The molecule has 1 atom stereocenters. The smallest absolute Gasteiger partial charge is 0.224 e. The predicted molar refractivity (Wildman–Crippen MR) is 59.6 cm³/mol. The third-order valence-corrected chi connectivity index (χ3v) is 2.04. The van der Waals surface area contributed by atoms with Gasteiger partial charge in [-0.25, -0.2) is 0 Å². The van der Waals surface area contributed by atoms with Gasteiger partial charge < -0.3 is 5.32 Å². The van der Waals surface area contributed by atoms with Crippen molar-refractivity contribution >= 4 is 23.2 Å². The van der Waals surface area contributed by atoms with E-state index >= 15 is 0 Å². The molecule has 3 heteroatoms. The van der Waals surface area contributed by atoms with Gasteiger partial charge in [-0.15, -0.1) is 11.6 Å². The standard InChI is InChI=1S/C11H14ClNO/c1-9(12)7-8-11(14)13-10-5-3-2-4-6-10/h2-6,9H,7-8H2,1H3,(H,13,14). The normalized spacial score (nSPS) is 12.1. The Bertz CT molecular complexity index is 285. The Morgan fingerprint density at radius 3 is 2.64 bits per heavy atom. The van der Waals surface area contributed by atoms with Gasteiger partial charge in [-0.2, -0.15) is 0 Å². The van der Waals surface area contributed by atoms with Gasteiger partial charge in [0, 0.05) is 17.5 Å². The highest BCUT2D eigenvalue weighted by molar-refractivity contribution is 6.20. The highest BCUT2D eigenvalue weighted by Gasteiger charge is 2.03. The maximum atomic E-state index is 11.3. The monoisotopic (exact) mass is 211 g/mol. The maximum absolute atomic E-state index is 11.3. The van der Waals surface area contributed by atoms with Crippen LogP contribution < -0.4 is 5.32 Å². The van der Waals surface area contributed by atoms with E-state index in [1.807, 2.05) is 37.3 Å². The van der Waals surface area contributed by atoms with Gasteiger partial charge in [-0.3, -0.25) is 4.79 Å². The average Bonchev–Trinajstić information content (AvgIpc) is 2.16. The van der Waals surface area contributed by atoms with E-state index in [2.05, 4.69) is 5.32 Å². The van der Waals surface area contributed by atoms with E-state index in [9.17, 15) is 4.79 Å². The van der Waals surface area contributed by atoms with Crippen LogP contribution in [0.5, 0.6) is 0 Å². The largest absolute Gasteiger partial charge is 0.326 e. The first kappa shape index (κ1) is 11.1. The molecule has 0 heterocycles. The van der Waals surface area contributed by atoms with E-state index in [0.29, 0.717) is 12.8 Å². The first-order valence-electron chi connectivity index (χ1n) is 4.67. The molecule has 0 saturated carbocycles. The molecule has 0 fully saturated rings. The Balaban J connectivity index is 2.35. The van der Waals surface area contributed by atoms with Crippen LogP contribution in [0.15, 0.2) is 30.3 Å². The average molecular weight is 212 g/mol. The Morgan fingerprint density at radius 2 is 2.07 bits per heavy atom. The summed E-state index contributed by atoms with van der Waals surface area (Å²) in [6.07, 6.45) is 1.18. The Labute approximate surface area is 89.3 Å². The van der Waals surface area contributed by atoms with E-state index in [1.165, 1.54) is 0 Å². The molecule has 0 bridgehead atoms. The van der Waals surface area contributed by atoms with Gasteiger partial charge in [0.25, 0.3) is 0 Å². The molecule has 14 heavy (non-hydrogen) atoms. The predicted octanol–water partition coefficient (Wildman–Crippen LogP) is 3.03. The molecule has 1 aromatic rings. The lowest BCUT2D eigenvalue weighted by atomic mass is 10.2. The Kier molecular flexibility index (Phi) is 4.47. The van der Waals surface area contributed by atoms with Crippen molar-refractivity contribution in [1.29, 1.82) is 0 Å². The van der Waals surface area contributed by atoms with Crippen molar-refractivity contribution in [3.8, 4) is 0 Å². The molecule has 1 rings (SSSR count). The molecule has 76 valence electrons. The number of anilines is 1. The maximum Gasteiger partial charge on any atom is 0.224 e. The first-order valence-corrected chi connectivity index (χ1v) is 5.11. The van der Waals surface area contributed by atoms with Crippen LogP contribution in [0.2, 0.25) is 0 Å². The summed E-state index contributed by atoms with van der Waals surface area (Å²) in [4.78, 5) is 11.3. The zero-order valence-electron chi connectivity index (χ0n) is 8.16. The number of carbonyl (C=O) groups is 1. The van der Waals surface area contributed by atoms with E-state index in [0.717, 1.165) is 5.69 Å². The highest BCUT2D eigenvalue weighted by atomic mass is 35.5. The lowest BCUT2D eigenvalue weighted by Gasteiger charge is -2.05. The third kappa shape index (κ3) is 4.28. The lowest BCUT2D eigenvalue weighted by molar-refractivity contribution is -0.116. The third-order valence-electron chi connectivity index (χ3n) is 1.83. The number of halogens is 1. The summed E-state index contributed by atoms with van der Waals surface area (Å²) >= 11 is 5.74. The van der Waals surface area contributed by atoms with Crippen molar-refractivity contribution in [3.63, 3.8) is 0 Å². The minimum absolute atomic E-state index is 0.0173. The van der Waals surface area contributed by atoms with E-state index in [4.69, 9.17) is 11.6 Å². The molecule has 0 saturated heterocycles. The molecule has 0 aliphatic carbocycles. The van der Waals surface area contributed by atoms with Crippen molar-refractivity contribution in [3.05, 3.63) is 30.3 Å². The summed E-state index contributed by atoms with van der Waals surface area (Å²) in [5.41, 5.74) is 0.833. The second-order valence-electron chi connectivity index (χ2n) is 3.23. The number of rotatable bonds is 4. The van der Waals surface area contributed by atoms with Gasteiger partial charge in [0.1, 0.15) is 0 Å². The molecule has 0 spiro atoms. The number of carbonyl (C=O) groups excluding carboxylic acids is 1. The topological polar surface area (TPSA) is 29.1 Å². The van der Waals surface area contributed by atoms with E-state index < -0.39 is 0 Å². The summed E-state index contributed by atoms with van der Waals surface area (Å²) < 4.78 is 0. The molecule has 1 amide bonds. The number of benzene rings is 1. The van der Waals surface area contributed by atoms with Gasteiger partial charge in [0.15, 0.2) is 0 Å². The van der Waals surface area contributed by atoms with Crippen LogP contribution in [-0.4, -0.2) is 11.3 Å². The van der Waals surface area contributed by atoms with Crippen molar-refractivity contribution < 1.29 is 4.79 Å². The Hall–Kier alpha value is -1.02. The second kappa shape index (κ2) is 5.66. The van der Waals surface area contributed by atoms with Crippen LogP contribution in [0.3, 0.4) is 0 Å². The molecule has 0 aliphatic rings. The minimum atomic E-state index is 0.0173. The van der Waals surface area contributed by atoms with E-state index in [1.54, 1.807) is 0 Å². The van der Waals surface area contributed by atoms with Crippen LogP contribution >= 0.6 is 11.6 Å². The summed E-state index contributed by atoms with van der Waals surface area (Å²) in [7, 11) is 0. The van der Waals surface area contributed by atoms with Crippen LogP contribution in [0.1, 0.15) is 19.8 Å². The van der Waals surface area contributed by atoms with Crippen LogP contribution in [0, 0.1) is 0 Å². The molecular weight excluding hydrogens is 198 g/mol. The van der Waals surface area contributed by atoms with Crippen molar-refractivity contribution in [2.75, 3.05) is 5.32 Å². The zero-order valence-corrected chi connectivity index (χ0v) is 8.92. The van der Waals surface area contributed by atoms with Gasteiger partial charge in [-0.1, -0.05) is 18.2 Å². The fourth-order valence-corrected chi connectivity index (χ4v) is 1.18. The molecule has 1 N–H and O–H groups in total. The number of alkyl halides is 1. The molecule has 1 unspecified atom stereocenters. The summed E-state index contributed by atoms with van der Waals surface area (Å²) in [5, 5.41) is 2.85. The van der Waals surface area contributed by atoms with Gasteiger partial charge in [0.2, 0.25) is 5.91 Å². The van der Waals surface area contributed by atoms with Crippen molar-refractivity contribution in [2.24, 2.45) is 0 Å².